The Bertz CT molecular complexity index is 462. The molecule has 0 unspecified atom stereocenters. The fourth-order valence-corrected chi connectivity index (χ4v) is 2.43. The van der Waals surface area contributed by atoms with Crippen LogP contribution in [0.1, 0.15) is 52.9 Å². The van der Waals surface area contributed by atoms with Gasteiger partial charge in [0.2, 0.25) is 0 Å². The smallest absolute Gasteiger partial charge is 0.124 e. The molecule has 0 spiro atoms. The molecule has 0 atom stereocenters. The molecule has 0 saturated heterocycles. The number of aliphatic hydroxyl groups is 1. The quantitative estimate of drug-likeness (QED) is 0.724. The third-order valence-electron chi connectivity index (χ3n) is 3.48. The summed E-state index contributed by atoms with van der Waals surface area (Å²) in [6.45, 7) is 6.30. The summed E-state index contributed by atoms with van der Waals surface area (Å²) in [4.78, 5) is 0. The minimum Gasteiger partial charge on any atom is -0.512 e. The Morgan fingerprint density at radius 3 is 2.79 bits per heavy atom. The Morgan fingerprint density at radius 1 is 1.26 bits per heavy atom. The summed E-state index contributed by atoms with van der Waals surface area (Å²) >= 11 is 0. The zero-order chi connectivity index (χ0) is 13.9. The molecule has 0 radical (unpaired) electrons. The van der Waals surface area contributed by atoms with Crippen LogP contribution in [0, 0.1) is 0 Å². The molecule has 1 aliphatic heterocycles. The molecule has 0 saturated carbocycles. The molecule has 2 nitrogen and oxygen atoms in total. The van der Waals surface area contributed by atoms with E-state index in [4.69, 9.17) is 4.74 Å². The topological polar surface area (TPSA) is 29.5 Å². The van der Waals surface area contributed by atoms with Gasteiger partial charge in [0, 0.05) is 12.0 Å². The first kappa shape index (κ1) is 14.0. The fraction of sp³-hybridized carbons (Fsp3) is 0.529. The summed E-state index contributed by atoms with van der Waals surface area (Å²) in [5, 5.41) is 9.98. The normalized spacial score (nSPS) is 21.2. The number of unbranched alkanes of at least 4 members (excludes halogenated alkanes) is 2. The second-order valence-electron chi connectivity index (χ2n) is 5.92. The average molecular weight is 260 g/mol. The van der Waals surface area contributed by atoms with Gasteiger partial charge in [0.1, 0.15) is 11.4 Å². The van der Waals surface area contributed by atoms with Gasteiger partial charge in [-0.15, -0.1) is 0 Å². The second kappa shape index (κ2) is 5.68. The van der Waals surface area contributed by atoms with Gasteiger partial charge in [0.05, 0.1) is 5.76 Å². The van der Waals surface area contributed by atoms with Gasteiger partial charge in [0.15, 0.2) is 0 Å². The van der Waals surface area contributed by atoms with E-state index in [1.807, 2.05) is 6.08 Å². The largest absolute Gasteiger partial charge is 0.512 e. The minimum atomic E-state index is -0.260. The van der Waals surface area contributed by atoms with E-state index in [1.165, 1.54) is 18.4 Å². The van der Waals surface area contributed by atoms with Crippen LogP contribution in [0.3, 0.4) is 0 Å². The number of hydrogen-bond donors (Lipinski definition) is 1. The lowest BCUT2D eigenvalue weighted by molar-refractivity contribution is 0.0804. The number of rotatable bonds is 4. The van der Waals surface area contributed by atoms with Crippen molar-refractivity contribution >= 4 is 0 Å². The van der Waals surface area contributed by atoms with Gasteiger partial charge in [-0.2, -0.15) is 0 Å². The summed E-state index contributed by atoms with van der Waals surface area (Å²) in [5.41, 5.74) is 1.98. The van der Waals surface area contributed by atoms with Crippen molar-refractivity contribution in [1.82, 2.24) is 0 Å². The highest BCUT2D eigenvalue weighted by atomic mass is 16.5. The molecular weight excluding hydrogens is 236 g/mol. The van der Waals surface area contributed by atoms with Gasteiger partial charge >= 0.3 is 0 Å². The molecule has 2 heteroatoms. The summed E-state index contributed by atoms with van der Waals surface area (Å²) < 4.78 is 6.01. The van der Waals surface area contributed by atoms with Crippen molar-refractivity contribution in [3.63, 3.8) is 0 Å². The van der Waals surface area contributed by atoms with E-state index in [1.54, 1.807) is 0 Å². The molecule has 2 rings (SSSR count). The summed E-state index contributed by atoms with van der Waals surface area (Å²) in [5.74, 6) is 1.35. The fourth-order valence-electron chi connectivity index (χ4n) is 2.43. The predicted octanol–water partition coefficient (Wildman–Crippen LogP) is 4.96. The van der Waals surface area contributed by atoms with Crippen LogP contribution in [0.4, 0.5) is 0 Å². The van der Waals surface area contributed by atoms with Crippen LogP contribution in [-0.2, 0) is 4.74 Å². The molecule has 0 bridgehead atoms. The predicted molar refractivity (Wildman–Crippen MR) is 78.9 cm³/mol. The van der Waals surface area contributed by atoms with E-state index in [0.29, 0.717) is 12.2 Å². The van der Waals surface area contributed by atoms with Crippen molar-refractivity contribution in [3.8, 4) is 0 Å². The highest BCUT2D eigenvalue weighted by Gasteiger charge is 2.24. The standard InChI is InChI=1S/C17H24O2/c1-4-5-6-7-13-10-15(18)12-14-8-9-17(2,3)19-16(14)11-13/h8-11,18H,4-7,12H2,1-3H3. The van der Waals surface area contributed by atoms with Crippen LogP contribution in [-0.4, -0.2) is 10.7 Å². The van der Waals surface area contributed by atoms with Crippen molar-refractivity contribution in [2.45, 2.75) is 58.5 Å². The molecule has 0 aromatic heterocycles. The van der Waals surface area contributed by atoms with Gasteiger partial charge in [-0.1, -0.05) is 25.8 Å². The van der Waals surface area contributed by atoms with Crippen LogP contribution in [0.5, 0.6) is 0 Å². The SMILES string of the molecule is CCCCCC1=CC2=C(C=CC(C)(C)O2)CC(O)=C1. The van der Waals surface area contributed by atoms with Crippen LogP contribution < -0.4 is 0 Å². The van der Waals surface area contributed by atoms with Gasteiger partial charge < -0.3 is 9.84 Å². The maximum absolute atomic E-state index is 9.98. The molecular formula is C17H24O2. The monoisotopic (exact) mass is 260 g/mol. The van der Waals surface area contributed by atoms with Gasteiger partial charge in [-0.3, -0.25) is 0 Å². The molecule has 104 valence electrons. The van der Waals surface area contributed by atoms with Crippen LogP contribution in [0.25, 0.3) is 0 Å². The van der Waals surface area contributed by atoms with E-state index in [0.717, 1.165) is 24.2 Å². The molecule has 0 amide bonds. The average Bonchev–Trinajstić information content (AvgIpc) is 2.46. The number of allylic oxidation sites excluding steroid dienone is 5. The van der Waals surface area contributed by atoms with Crippen molar-refractivity contribution < 1.29 is 9.84 Å². The molecule has 0 aromatic rings. The second-order valence-corrected chi connectivity index (χ2v) is 5.92. The summed E-state index contributed by atoms with van der Waals surface area (Å²) in [7, 11) is 0. The van der Waals surface area contributed by atoms with Crippen molar-refractivity contribution in [3.05, 3.63) is 47.0 Å². The summed E-state index contributed by atoms with van der Waals surface area (Å²) in [6, 6.07) is 0. The Labute approximate surface area is 116 Å². The molecule has 1 aliphatic carbocycles. The van der Waals surface area contributed by atoms with Gasteiger partial charge in [-0.25, -0.2) is 0 Å². The first-order chi connectivity index (χ1) is 9.00. The lowest BCUT2D eigenvalue weighted by atomic mass is 10.0. The maximum atomic E-state index is 9.98. The zero-order valence-electron chi connectivity index (χ0n) is 12.2. The van der Waals surface area contributed by atoms with E-state index >= 15 is 0 Å². The number of ether oxygens (including phenoxy) is 1. The Morgan fingerprint density at radius 2 is 2.05 bits per heavy atom. The van der Waals surface area contributed by atoms with Crippen LogP contribution in [0.15, 0.2) is 47.0 Å². The molecule has 0 aromatic carbocycles. The van der Waals surface area contributed by atoms with Crippen molar-refractivity contribution in [1.29, 1.82) is 0 Å². The first-order valence-electron chi connectivity index (χ1n) is 7.22. The highest BCUT2D eigenvalue weighted by Crippen LogP contribution is 2.32. The lowest BCUT2D eigenvalue weighted by Crippen LogP contribution is -2.23. The molecule has 1 heterocycles. The maximum Gasteiger partial charge on any atom is 0.124 e. The Balaban J connectivity index is 2.19. The molecule has 2 aliphatic rings. The van der Waals surface area contributed by atoms with E-state index < -0.39 is 0 Å². The van der Waals surface area contributed by atoms with Gasteiger partial charge in [-0.05, 0) is 50.5 Å². The lowest BCUT2D eigenvalue weighted by Gasteiger charge is -2.28. The van der Waals surface area contributed by atoms with Gasteiger partial charge in [0.25, 0.3) is 0 Å². The zero-order valence-corrected chi connectivity index (χ0v) is 12.2. The van der Waals surface area contributed by atoms with Crippen LogP contribution in [0.2, 0.25) is 0 Å². The number of hydrogen-bond acceptors (Lipinski definition) is 2. The van der Waals surface area contributed by atoms with Crippen molar-refractivity contribution in [2.24, 2.45) is 0 Å². The highest BCUT2D eigenvalue weighted by molar-refractivity contribution is 5.43. The molecule has 0 fully saturated rings. The summed E-state index contributed by atoms with van der Waals surface area (Å²) in [6.07, 6.45) is 13.3. The van der Waals surface area contributed by atoms with Crippen LogP contribution >= 0.6 is 0 Å². The third-order valence-corrected chi connectivity index (χ3v) is 3.48. The Kier molecular flexibility index (Phi) is 4.18. The van der Waals surface area contributed by atoms with E-state index in [-0.39, 0.29) is 5.60 Å². The van der Waals surface area contributed by atoms with E-state index in [9.17, 15) is 5.11 Å². The molecule has 1 N–H and O–H groups in total. The Hall–Kier alpha value is -1.44. The minimum absolute atomic E-state index is 0.260. The number of aliphatic hydroxyl groups excluding tert-OH is 1. The third kappa shape index (κ3) is 3.76. The first-order valence-corrected chi connectivity index (χ1v) is 7.22. The molecule has 19 heavy (non-hydrogen) atoms. The van der Waals surface area contributed by atoms with E-state index in [2.05, 4.69) is 39.0 Å². The van der Waals surface area contributed by atoms with Crippen molar-refractivity contribution in [2.75, 3.05) is 0 Å².